The van der Waals surface area contributed by atoms with E-state index in [2.05, 4.69) is 6.92 Å². The van der Waals surface area contributed by atoms with Crippen LogP contribution < -0.4 is 0 Å². The maximum Gasteiger partial charge on any atom is 0.262 e. The molecule has 4 nitrogen and oxygen atoms in total. The number of carbonyl (C=O) groups is 1. The lowest BCUT2D eigenvalue weighted by Gasteiger charge is -2.17. The van der Waals surface area contributed by atoms with Crippen LogP contribution in [0.15, 0.2) is 23.1 Å². The van der Waals surface area contributed by atoms with E-state index in [1.54, 1.807) is 11.9 Å². The third-order valence-electron chi connectivity index (χ3n) is 2.88. The van der Waals surface area contributed by atoms with Gasteiger partial charge in [0, 0.05) is 29.8 Å². The number of hydrogen-bond donors (Lipinski definition) is 0. The van der Waals surface area contributed by atoms with Gasteiger partial charge in [-0.2, -0.15) is 0 Å². The first kappa shape index (κ1) is 17.3. The molecule has 0 heterocycles. The Balaban J connectivity index is 2.94. The second-order valence-electron chi connectivity index (χ2n) is 4.52. The maximum atomic E-state index is 12.2. The van der Waals surface area contributed by atoms with Gasteiger partial charge in [-0.1, -0.05) is 31.4 Å². The van der Waals surface area contributed by atoms with E-state index in [0.29, 0.717) is 6.54 Å². The predicted molar refractivity (Wildman–Crippen MR) is 81.0 cm³/mol. The summed E-state index contributed by atoms with van der Waals surface area (Å²) in [5, 5.41) is 0.00480. The molecule has 0 atom stereocenters. The second kappa shape index (κ2) is 7.29. The molecule has 112 valence electrons. The summed E-state index contributed by atoms with van der Waals surface area (Å²) in [4.78, 5) is 13.5. The molecule has 1 rings (SSSR count). The zero-order valence-corrected chi connectivity index (χ0v) is 13.7. The smallest absolute Gasteiger partial charge is 0.262 e. The fourth-order valence-electron chi connectivity index (χ4n) is 1.74. The minimum absolute atomic E-state index is 0.00480. The number of unbranched alkanes of at least 4 members (excludes halogenated alkanes) is 2. The van der Waals surface area contributed by atoms with Gasteiger partial charge in [0.15, 0.2) is 0 Å². The van der Waals surface area contributed by atoms with Gasteiger partial charge in [0.2, 0.25) is 0 Å². The first-order valence-corrected chi connectivity index (χ1v) is 8.95. The topological polar surface area (TPSA) is 54.5 Å². The normalized spacial score (nSPS) is 11.4. The molecule has 0 radical (unpaired) electrons. The van der Waals surface area contributed by atoms with Gasteiger partial charge in [0.25, 0.3) is 15.0 Å². The van der Waals surface area contributed by atoms with Crippen molar-refractivity contribution >= 4 is 37.2 Å². The Labute approximate surface area is 129 Å². The van der Waals surface area contributed by atoms with Crippen molar-refractivity contribution in [3.63, 3.8) is 0 Å². The van der Waals surface area contributed by atoms with E-state index in [4.69, 9.17) is 22.3 Å². The van der Waals surface area contributed by atoms with E-state index in [1.165, 1.54) is 18.2 Å². The number of halogens is 2. The van der Waals surface area contributed by atoms with Crippen LogP contribution >= 0.6 is 22.3 Å². The van der Waals surface area contributed by atoms with E-state index in [0.717, 1.165) is 19.3 Å². The molecule has 1 amide bonds. The summed E-state index contributed by atoms with van der Waals surface area (Å²) in [7, 11) is 3.00. The average molecular weight is 338 g/mol. The minimum Gasteiger partial charge on any atom is -0.342 e. The van der Waals surface area contributed by atoms with Crippen LogP contribution in [0.3, 0.4) is 0 Å². The number of carbonyl (C=O) groups excluding carboxylic acids is 1. The number of rotatable bonds is 6. The first-order chi connectivity index (χ1) is 9.27. The van der Waals surface area contributed by atoms with Crippen LogP contribution in [-0.4, -0.2) is 32.8 Å². The number of hydrogen-bond acceptors (Lipinski definition) is 3. The summed E-state index contributed by atoms with van der Waals surface area (Å²) >= 11 is 5.78. The monoisotopic (exact) mass is 337 g/mol. The summed E-state index contributed by atoms with van der Waals surface area (Å²) < 4.78 is 22.7. The van der Waals surface area contributed by atoms with Gasteiger partial charge in [-0.25, -0.2) is 8.42 Å². The largest absolute Gasteiger partial charge is 0.342 e. The molecule has 0 N–H and O–H groups in total. The Morgan fingerprint density at radius 3 is 2.50 bits per heavy atom. The fraction of sp³-hybridized carbons (Fsp3) is 0.462. The van der Waals surface area contributed by atoms with E-state index in [9.17, 15) is 13.2 Å². The molecule has 0 fully saturated rings. The lowest BCUT2D eigenvalue weighted by Crippen LogP contribution is -2.27. The number of amides is 1. The van der Waals surface area contributed by atoms with Gasteiger partial charge in [0.05, 0.1) is 5.02 Å². The molecule has 0 spiro atoms. The Bertz CT molecular complexity index is 587. The molecule has 0 aromatic heterocycles. The lowest BCUT2D eigenvalue weighted by atomic mass is 10.2. The average Bonchev–Trinajstić information content (AvgIpc) is 2.37. The second-order valence-corrected chi connectivity index (χ2v) is 7.46. The van der Waals surface area contributed by atoms with E-state index < -0.39 is 9.05 Å². The number of nitrogens with zero attached hydrogens (tertiary/aromatic N) is 1. The van der Waals surface area contributed by atoms with Crippen molar-refractivity contribution in [2.24, 2.45) is 0 Å². The van der Waals surface area contributed by atoms with Crippen LogP contribution in [0.1, 0.15) is 36.5 Å². The van der Waals surface area contributed by atoms with Crippen LogP contribution in [0.25, 0.3) is 0 Å². The Kier molecular flexibility index (Phi) is 6.30. The molecule has 20 heavy (non-hydrogen) atoms. The van der Waals surface area contributed by atoms with Crippen LogP contribution in [-0.2, 0) is 9.05 Å². The van der Waals surface area contributed by atoms with Crippen molar-refractivity contribution in [1.82, 2.24) is 4.90 Å². The van der Waals surface area contributed by atoms with Crippen molar-refractivity contribution in [3.8, 4) is 0 Å². The summed E-state index contributed by atoms with van der Waals surface area (Å²) in [6, 6.07) is 4.07. The highest BCUT2D eigenvalue weighted by molar-refractivity contribution is 8.13. The molecule has 1 aromatic rings. The van der Waals surface area contributed by atoms with E-state index >= 15 is 0 Å². The number of benzene rings is 1. The molecule has 0 saturated carbocycles. The zero-order chi connectivity index (χ0) is 15.3. The molecule has 0 saturated heterocycles. The van der Waals surface area contributed by atoms with Gasteiger partial charge in [-0.05, 0) is 24.6 Å². The molecule has 0 aliphatic carbocycles. The molecule has 0 bridgehead atoms. The Morgan fingerprint density at radius 2 is 1.95 bits per heavy atom. The van der Waals surface area contributed by atoms with Gasteiger partial charge >= 0.3 is 0 Å². The van der Waals surface area contributed by atoms with Crippen molar-refractivity contribution in [3.05, 3.63) is 28.8 Å². The summed E-state index contributed by atoms with van der Waals surface area (Å²) in [6.45, 7) is 2.71. The molecule has 0 unspecified atom stereocenters. The predicted octanol–water partition coefficient (Wildman–Crippen LogP) is 3.53. The van der Waals surface area contributed by atoms with Crippen molar-refractivity contribution in [1.29, 1.82) is 0 Å². The lowest BCUT2D eigenvalue weighted by molar-refractivity contribution is 0.0792. The first-order valence-electron chi connectivity index (χ1n) is 6.27. The third kappa shape index (κ3) is 4.65. The summed E-state index contributed by atoms with van der Waals surface area (Å²) in [6.07, 6.45) is 3.02. The summed E-state index contributed by atoms with van der Waals surface area (Å²) in [5.74, 6) is -0.251. The zero-order valence-electron chi connectivity index (χ0n) is 11.4. The van der Waals surface area contributed by atoms with Crippen molar-refractivity contribution in [2.45, 2.75) is 31.1 Å². The van der Waals surface area contributed by atoms with Gasteiger partial charge in [-0.3, -0.25) is 4.79 Å². The highest BCUT2D eigenvalue weighted by Crippen LogP contribution is 2.26. The molecule has 0 aliphatic heterocycles. The Morgan fingerprint density at radius 1 is 1.30 bits per heavy atom. The SMILES string of the molecule is CCCCCN(C)C(=O)c1ccc(Cl)c(S(=O)(=O)Cl)c1. The van der Waals surface area contributed by atoms with Crippen LogP contribution in [0.5, 0.6) is 0 Å². The van der Waals surface area contributed by atoms with Crippen molar-refractivity contribution < 1.29 is 13.2 Å². The molecule has 0 aliphatic rings. The van der Waals surface area contributed by atoms with E-state index in [1.807, 2.05) is 0 Å². The minimum atomic E-state index is -3.97. The van der Waals surface area contributed by atoms with Gasteiger partial charge < -0.3 is 4.90 Å². The Hall–Kier alpha value is -0.780. The molecule has 7 heteroatoms. The van der Waals surface area contributed by atoms with E-state index in [-0.39, 0.29) is 21.4 Å². The highest BCUT2D eigenvalue weighted by Gasteiger charge is 2.19. The quantitative estimate of drug-likeness (QED) is 0.589. The van der Waals surface area contributed by atoms with Crippen molar-refractivity contribution in [2.75, 3.05) is 13.6 Å². The molecular formula is C13H17Cl2NO3S. The fourth-order valence-corrected chi connectivity index (χ4v) is 3.24. The standard InChI is InChI=1S/C13H17Cl2NO3S/c1-3-4-5-8-16(2)13(17)10-6-7-11(14)12(9-10)20(15,18)19/h6-7,9H,3-5,8H2,1-2H3. The van der Waals surface area contributed by atoms with Gasteiger partial charge in [0.1, 0.15) is 4.90 Å². The molecular weight excluding hydrogens is 321 g/mol. The van der Waals surface area contributed by atoms with Crippen LogP contribution in [0.4, 0.5) is 0 Å². The molecule has 1 aromatic carbocycles. The van der Waals surface area contributed by atoms with Gasteiger partial charge in [-0.15, -0.1) is 0 Å². The maximum absolute atomic E-state index is 12.2. The summed E-state index contributed by atoms with van der Waals surface area (Å²) in [5.41, 5.74) is 0.257. The third-order valence-corrected chi connectivity index (χ3v) is 4.69. The van der Waals surface area contributed by atoms with Crippen LogP contribution in [0, 0.1) is 0 Å². The van der Waals surface area contributed by atoms with Crippen LogP contribution in [0.2, 0.25) is 5.02 Å². The highest BCUT2D eigenvalue weighted by atomic mass is 35.7.